The minimum absolute atomic E-state index is 0.0174. The highest BCUT2D eigenvalue weighted by molar-refractivity contribution is 5.78. The van der Waals surface area contributed by atoms with E-state index in [0.29, 0.717) is 0 Å². The molecule has 0 heterocycles. The van der Waals surface area contributed by atoms with Gasteiger partial charge in [-0.2, -0.15) is 0 Å². The zero-order valence-corrected chi connectivity index (χ0v) is 6.13. The van der Waals surface area contributed by atoms with Crippen molar-refractivity contribution in [2.75, 3.05) is 13.2 Å². The lowest BCUT2D eigenvalue weighted by Gasteiger charge is -2.12. The number of rotatable bonds is 4. The van der Waals surface area contributed by atoms with Crippen LogP contribution in [0.15, 0.2) is 0 Å². The van der Waals surface area contributed by atoms with E-state index >= 15 is 0 Å². The standard InChI is InChI=1S/C6H14N2O2/c1-2-5(4-9)8-6(10)3-7/h5,9H,2-4,7H2,1H3,(H,8,10)/t5-/m1/s1. The molecule has 0 aromatic carbocycles. The first kappa shape index (κ1) is 9.39. The Morgan fingerprint density at radius 3 is 2.70 bits per heavy atom. The van der Waals surface area contributed by atoms with Crippen molar-refractivity contribution >= 4 is 5.91 Å². The highest BCUT2D eigenvalue weighted by Crippen LogP contribution is 1.86. The minimum Gasteiger partial charge on any atom is -0.394 e. The number of carbonyl (C=O) groups excluding carboxylic acids is 1. The van der Waals surface area contributed by atoms with Gasteiger partial charge in [0.1, 0.15) is 0 Å². The predicted molar refractivity (Wildman–Crippen MR) is 38.4 cm³/mol. The number of nitrogens with one attached hydrogen (secondary N) is 1. The highest BCUT2D eigenvalue weighted by Gasteiger charge is 2.05. The van der Waals surface area contributed by atoms with E-state index in [9.17, 15) is 4.79 Å². The Hall–Kier alpha value is -0.610. The maximum atomic E-state index is 10.6. The summed E-state index contributed by atoms with van der Waals surface area (Å²) in [5.41, 5.74) is 5.04. The summed E-state index contributed by atoms with van der Waals surface area (Å²) in [5.74, 6) is -0.221. The third-order valence-corrected chi connectivity index (χ3v) is 1.26. The van der Waals surface area contributed by atoms with Crippen LogP contribution in [0.25, 0.3) is 0 Å². The van der Waals surface area contributed by atoms with Crippen LogP contribution in [0.1, 0.15) is 13.3 Å². The average molecular weight is 146 g/mol. The van der Waals surface area contributed by atoms with E-state index < -0.39 is 0 Å². The lowest BCUT2D eigenvalue weighted by Crippen LogP contribution is -2.40. The van der Waals surface area contributed by atoms with Gasteiger partial charge >= 0.3 is 0 Å². The summed E-state index contributed by atoms with van der Waals surface area (Å²) >= 11 is 0. The fourth-order valence-electron chi connectivity index (χ4n) is 0.563. The summed E-state index contributed by atoms with van der Waals surface area (Å²) in [5, 5.41) is 11.2. The molecule has 0 fully saturated rings. The fourth-order valence-corrected chi connectivity index (χ4v) is 0.563. The van der Waals surface area contributed by atoms with Gasteiger partial charge in [-0.3, -0.25) is 4.79 Å². The van der Waals surface area contributed by atoms with Gasteiger partial charge in [-0.25, -0.2) is 0 Å². The van der Waals surface area contributed by atoms with Crippen LogP contribution in [0.2, 0.25) is 0 Å². The molecule has 0 aliphatic carbocycles. The zero-order chi connectivity index (χ0) is 7.98. The third-order valence-electron chi connectivity index (χ3n) is 1.26. The minimum atomic E-state index is -0.221. The molecule has 0 bridgehead atoms. The lowest BCUT2D eigenvalue weighted by molar-refractivity contribution is -0.120. The number of aliphatic hydroxyl groups excluding tert-OH is 1. The van der Waals surface area contributed by atoms with E-state index in [4.69, 9.17) is 10.8 Å². The number of amides is 1. The van der Waals surface area contributed by atoms with Gasteiger partial charge in [-0.05, 0) is 6.42 Å². The molecule has 0 aliphatic rings. The molecule has 60 valence electrons. The van der Waals surface area contributed by atoms with Crippen molar-refractivity contribution in [3.05, 3.63) is 0 Å². The van der Waals surface area contributed by atoms with Gasteiger partial charge in [0.15, 0.2) is 0 Å². The number of hydrogen-bond acceptors (Lipinski definition) is 3. The van der Waals surface area contributed by atoms with E-state index in [2.05, 4.69) is 5.32 Å². The van der Waals surface area contributed by atoms with Gasteiger partial charge in [0.05, 0.1) is 19.2 Å². The maximum absolute atomic E-state index is 10.6. The molecule has 0 rings (SSSR count). The molecule has 0 radical (unpaired) electrons. The fraction of sp³-hybridized carbons (Fsp3) is 0.833. The molecular weight excluding hydrogens is 132 g/mol. The van der Waals surface area contributed by atoms with Crippen molar-refractivity contribution in [2.45, 2.75) is 19.4 Å². The molecule has 4 N–H and O–H groups in total. The van der Waals surface area contributed by atoms with Crippen molar-refractivity contribution in [3.63, 3.8) is 0 Å². The maximum Gasteiger partial charge on any atom is 0.234 e. The van der Waals surface area contributed by atoms with Crippen molar-refractivity contribution in [1.82, 2.24) is 5.32 Å². The Bertz CT molecular complexity index is 102. The van der Waals surface area contributed by atoms with Crippen molar-refractivity contribution in [1.29, 1.82) is 0 Å². The normalized spacial score (nSPS) is 12.7. The number of hydrogen-bond donors (Lipinski definition) is 3. The van der Waals surface area contributed by atoms with Gasteiger partial charge in [0.25, 0.3) is 0 Å². The first-order valence-corrected chi connectivity index (χ1v) is 3.34. The molecule has 0 saturated carbocycles. The van der Waals surface area contributed by atoms with Crippen LogP contribution in [0.3, 0.4) is 0 Å². The number of aliphatic hydroxyl groups is 1. The first-order chi connectivity index (χ1) is 4.74. The van der Waals surface area contributed by atoms with Crippen molar-refractivity contribution in [3.8, 4) is 0 Å². The number of carbonyl (C=O) groups is 1. The summed E-state index contributed by atoms with van der Waals surface area (Å²) in [6, 6.07) is -0.143. The van der Waals surface area contributed by atoms with E-state index in [0.717, 1.165) is 6.42 Å². The Kier molecular flexibility index (Phi) is 4.88. The SMILES string of the molecule is CC[C@H](CO)NC(=O)CN. The van der Waals surface area contributed by atoms with Crippen LogP contribution >= 0.6 is 0 Å². The Labute approximate surface area is 60.4 Å². The largest absolute Gasteiger partial charge is 0.394 e. The molecule has 0 saturated heterocycles. The molecule has 4 heteroatoms. The molecular formula is C6H14N2O2. The Balaban J connectivity index is 3.52. The predicted octanol–water partition coefficient (Wildman–Crippen LogP) is -1.17. The summed E-state index contributed by atoms with van der Waals surface area (Å²) in [4.78, 5) is 10.6. The summed E-state index contributed by atoms with van der Waals surface area (Å²) in [6.07, 6.45) is 0.724. The van der Waals surface area contributed by atoms with Gasteiger partial charge in [0.2, 0.25) is 5.91 Å². The van der Waals surface area contributed by atoms with Gasteiger partial charge in [-0.1, -0.05) is 6.92 Å². The van der Waals surface area contributed by atoms with Gasteiger partial charge in [0, 0.05) is 0 Å². The lowest BCUT2D eigenvalue weighted by atomic mass is 10.2. The van der Waals surface area contributed by atoms with E-state index in [1.807, 2.05) is 6.92 Å². The molecule has 0 unspecified atom stereocenters. The smallest absolute Gasteiger partial charge is 0.234 e. The second kappa shape index (κ2) is 5.20. The monoisotopic (exact) mass is 146 g/mol. The molecule has 0 aliphatic heterocycles. The van der Waals surface area contributed by atoms with E-state index in [1.54, 1.807) is 0 Å². The Morgan fingerprint density at radius 1 is 1.80 bits per heavy atom. The van der Waals surface area contributed by atoms with Crippen molar-refractivity contribution < 1.29 is 9.90 Å². The molecule has 1 atom stereocenters. The molecule has 0 aromatic rings. The van der Waals surface area contributed by atoms with Crippen LogP contribution < -0.4 is 11.1 Å². The van der Waals surface area contributed by atoms with Crippen LogP contribution in [-0.4, -0.2) is 30.2 Å². The van der Waals surface area contributed by atoms with Crippen LogP contribution in [0.5, 0.6) is 0 Å². The van der Waals surface area contributed by atoms with Crippen molar-refractivity contribution in [2.24, 2.45) is 5.73 Å². The molecule has 0 spiro atoms. The summed E-state index contributed by atoms with van der Waals surface area (Å²) in [7, 11) is 0. The van der Waals surface area contributed by atoms with Gasteiger partial charge < -0.3 is 16.2 Å². The van der Waals surface area contributed by atoms with E-state index in [-0.39, 0.29) is 25.1 Å². The zero-order valence-electron chi connectivity index (χ0n) is 6.13. The second-order valence-electron chi connectivity index (χ2n) is 2.06. The average Bonchev–Trinajstić information content (AvgIpc) is 1.99. The first-order valence-electron chi connectivity index (χ1n) is 3.34. The molecule has 1 amide bonds. The number of nitrogens with two attached hydrogens (primary N) is 1. The van der Waals surface area contributed by atoms with Crippen LogP contribution in [0, 0.1) is 0 Å². The second-order valence-corrected chi connectivity index (χ2v) is 2.06. The molecule has 10 heavy (non-hydrogen) atoms. The van der Waals surface area contributed by atoms with Crippen LogP contribution in [-0.2, 0) is 4.79 Å². The molecule has 0 aromatic heterocycles. The third kappa shape index (κ3) is 3.42. The summed E-state index contributed by atoms with van der Waals surface area (Å²) in [6.45, 7) is 1.84. The molecule has 4 nitrogen and oxygen atoms in total. The quantitative estimate of drug-likeness (QED) is 0.468. The van der Waals surface area contributed by atoms with Crippen LogP contribution in [0.4, 0.5) is 0 Å². The highest BCUT2D eigenvalue weighted by atomic mass is 16.3. The summed E-state index contributed by atoms with van der Waals surface area (Å²) < 4.78 is 0. The topological polar surface area (TPSA) is 75.3 Å². The Morgan fingerprint density at radius 2 is 2.40 bits per heavy atom. The van der Waals surface area contributed by atoms with E-state index in [1.165, 1.54) is 0 Å². The van der Waals surface area contributed by atoms with Gasteiger partial charge in [-0.15, -0.1) is 0 Å².